The van der Waals surface area contributed by atoms with Gasteiger partial charge in [-0.15, -0.1) is 0 Å². The molecule has 4 atom stereocenters. The van der Waals surface area contributed by atoms with E-state index < -0.39 is 30.3 Å². The van der Waals surface area contributed by atoms with E-state index in [4.69, 9.17) is 9.84 Å². The van der Waals surface area contributed by atoms with Gasteiger partial charge in [-0.2, -0.15) is 0 Å². The zero-order chi connectivity index (χ0) is 11.4. The minimum Gasteiger partial charge on any atom is -0.481 e. The molecule has 0 amide bonds. The Morgan fingerprint density at radius 3 is 2.73 bits per heavy atom. The second kappa shape index (κ2) is 5.41. The van der Waals surface area contributed by atoms with Gasteiger partial charge in [0.2, 0.25) is 0 Å². The third-order valence-corrected chi connectivity index (χ3v) is 2.53. The molecule has 1 heterocycles. The number of aliphatic carboxylic acids is 1. The van der Waals surface area contributed by atoms with Crippen molar-refractivity contribution in [1.29, 1.82) is 0 Å². The molecule has 0 aliphatic carbocycles. The fraction of sp³-hybridized carbons (Fsp3) is 0.889. The van der Waals surface area contributed by atoms with Crippen LogP contribution in [0, 0.1) is 0 Å². The molecule has 88 valence electrons. The molecular formula is C9H17NO5. The number of carboxylic acid groups (broad SMARTS) is 1. The lowest BCUT2D eigenvalue weighted by Gasteiger charge is -2.36. The highest BCUT2D eigenvalue weighted by Gasteiger charge is 2.35. The molecule has 15 heavy (non-hydrogen) atoms. The molecule has 6 nitrogen and oxygen atoms in total. The quantitative estimate of drug-likeness (QED) is 0.462. The van der Waals surface area contributed by atoms with Crippen LogP contribution in [0.3, 0.4) is 0 Å². The van der Waals surface area contributed by atoms with Crippen molar-refractivity contribution in [3.63, 3.8) is 0 Å². The van der Waals surface area contributed by atoms with Crippen LogP contribution in [0.15, 0.2) is 0 Å². The van der Waals surface area contributed by atoms with Crippen molar-refractivity contribution < 1.29 is 24.9 Å². The molecule has 1 fully saturated rings. The minimum absolute atomic E-state index is 0.0190. The van der Waals surface area contributed by atoms with Crippen molar-refractivity contribution in [3.05, 3.63) is 0 Å². The van der Waals surface area contributed by atoms with Crippen LogP contribution in [0.5, 0.6) is 0 Å². The summed E-state index contributed by atoms with van der Waals surface area (Å²) in [5, 5.41) is 30.4. The fourth-order valence-electron chi connectivity index (χ4n) is 1.51. The summed E-state index contributed by atoms with van der Waals surface area (Å²) in [4.78, 5) is 10.3. The van der Waals surface area contributed by atoms with Gasteiger partial charge in [-0.05, 0) is 6.92 Å². The van der Waals surface area contributed by atoms with E-state index >= 15 is 0 Å². The van der Waals surface area contributed by atoms with E-state index in [1.54, 1.807) is 6.92 Å². The average molecular weight is 219 g/mol. The normalized spacial score (nSPS) is 36.5. The van der Waals surface area contributed by atoms with Gasteiger partial charge in [-0.25, -0.2) is 0 Å². The van der Waals surface area contributed by atoms with E-state index in [9.17, 15) is 15.0 Å². The molecular weight excluding hydrogens is 202 g/mol. The first-order chi connectivity index (χ1) is 7.02. The van der Waals surface area contributed by atoms with Crippen molar-refractivity contribution in [2.45, 2.75) is 37.7 Å². The molecule has 0 bridgehead atoms. The molecule has 1 aliphatic rings. The zero-order valence-electron chi connectivity index (χ0n) is 8.59. The summed E-state index contributed by atoms with van der Waals surface area (Å²) >= 11 is 0. The number of hydrogen-bond donors (Lipinski definition) is 4. The van der Waals surface area contributed by atoms with Gasteiger partial charge in [0.1, 0.15) is 6.10 Å². The maximum absolute atomic E-state index is 10.3. The molecule has 0 aromatic carbocycles. The largest absolute Gasteiger partial charge is 0.481 e. The Kier molecular flexibility index (Phi) is 4.46. The molecule has 0 radical (unpaired) electrons. The Bertz CT molecular complexity index is 223. The zero-order valence-corrected chi connectivity index (χ0v) is 8.59. The van der Waals surface area contributed by atoms with E-state index in [0.29, 0.717) is 0 Å². The van der Waals surface area contributed by atoms with Crippen LogP contribution in [0.2, 0.25) is 0 Å². The van der Waals surface area contributed by atoms with Crippen LogP contribution in [0.25, 0.3) is 0 Å². The number of carboxylic acids is 1. The number of aliphatic hydroxyl groups excluding tert-OH is 2. The van der Waals surface area contributed by atoms with Gasteiger partial charge in [-0.1, -0.05) is 0 Å². The van der Waals surface area contributed by atoms with Crippen LogP contribution in [0.1, 0.15) is 13.3 Å². The van der Waals surface area contributed by atoms with Crippen molar-refractivity contribution in [3.8, 4) is 0 Å². The number of ether oxygens (including phenoxy) is 1. The Labute approximate surface area is 87.9 Å². The highest BCUT2D eigenvalue weighted by molar-refractivity contribution is 5.66. The van der Waals surface area contributed by atoms with Gasteiger partial charge < -0.3 is 25.4 Å². The number of carbonyl (C=O) groups is 1. The molecule has 1 rings (SSSR count). The summed E-state index contributed by atoms with van der Waals surface area (Å²) in [6, 6.07) is -0.407. The van der Waals surface area contributed by atoms with Gasteiger partial charge in [-0.3, -0.25) is 4.79 Å². The van der Waals surface area contributed by atoms with Gasteiger partial charge >= 0.3 is 5.97 Å². The summed E-state index contributed by atoms with van der Waals surface area (Å²) in [5.41, 5.74) is 0. The number of nitrogens with one attached hydrogen (secondary N) is 1. The lowest BCUT2D eigenvalue weighted by Crippen LogP contribution is -2.57. The topological polar surface area (TPSA) is 99.0 Å². The van der Waals surface area contributed by atoms with Crippen LogP contribution in [-0.4, -0.2) is 58.8 Å². The van der Waals surface area contributed by atoms with E-state index in [0.717, 1.165) is 0 Å². The second-order valence-corrected chi connectivity index (χ2v) is 3.72. The fourth-order valence-corrected chi connectivity index (χ4v) is 1.51. The lowest BCUT2D eigenvalue weighted by atomic mass is 9.99. The average Bonchev–Trinajstić information content (AvgIpc) is 2.18. The molecule has 0 spiro atoms. The van der Waals surface area contributed by atoms with Crippen molar-refractivity contribution >= 4 is 5.97 Å². The van der Waals surface area contributed by atoms with Gasteiger partial charge in [0.05, 0.1) is 31.3 Å². The van der Waals surface area contributed by atoms with Gasteiger partial charge in [0, 0.05) is 6.54 Å². The molecule has 1 aliphatic heterocycles. The first kappa shape index (κ1) is 12.4. The molecule has 6 heteroatoms. The van der Waals surface area contributed by atoms with Crippen molar-refractivity contribution in [2.24, 2.45) is 0 Å². The molecule has 4 N–H and O–H groups in total. The van der Waals surface area contributed by atoms with Gasteiger partial charge in [0.25, 0.3) is 0 Å². The smallest absolute Gasteiger partial charge is 0.304 e. The first-order valence-corrected chi connectivity index (χ1v) is 4.95. The van der Waals surface area contributed by atoms with Gasteiger partial charge in [0.15, 0.2) is 0 Å². The summed E-state index contributed by atoms with van der Waals surface area (Å²) in [6.45, 7) is 2.21. The van der Waals surface area contributed by atoms with Crippen LogP contribution in [-0.2, 0) is 9.53 Å². The van der Waals surface area contributed by atoms with E-state index in [1.165, 1.54) is 0 Å². The van der Waals surface area contributed by atoms with E-state index in [-0.39, 0.29) is 19.6 Å². The second-order valence-electron chi connectivity index (χ2n) is 3.72. The predicted molar refractivity (Wildman–Crippen MR) is 51.5 cm³/mol. The van der Waals surface area contributed by atoms with E-state index in [2.05, 4.69) is 5.32 Å². The summed E-state index contributed by atoms with van der Waals surface area (Å²) in [6.07, 6.45) is -2.25. The Balaban J connectivity index is 2.32. The predicted octanol–water partition coefficient (Wildman–Crippen LogP) is -1.44. The highest BCUT2D eigenvalue weighted by Crippen LogP contribution is 2.14. The SMILES string of the molecule is CC1OCC(NCCC(=O)O)C(O)C1O. The first-order valence-electron chi connectivity index (χ1n) is 4.95. The standard InChI is InChI=1S/C9H17NO5/c1-5-8(13)9(14)6(4-15-5)10-3-2-7(11)12/h5-6,8-10,13-14H,2-4H2,1H3,(H,11,12). The number of rotatable bonds is 4. The maximum Gasteiger partial charge on any atom is 0.304 e. The third-order valence-electron chi connectivity index (χ3n) is 2.53. The third kappa shape index (κ3) is 3.42. The Morgan fingerprint density at radius 1 is 1.47 bits per heavy atom. The highest BCUT2D eigenvalue weighted by atomic mass is 16.5. The monoisotopic (exact) mass is 219 g/mol. The summed E-state index contributed by atoms with van der Waals surface area (Å²) < 4.78 is 5.21. The molecule has 1 saturated heterocycles. The van der Waals surface area contributed by atoms with Crippen molar-refractivity contribution in [2.75, 3.05) is 13.2 Å². The molecule has 0 aromatic rings. The summed E-state index contributed by atoms with van der Waals surface area (Å²) in [7, 11) is 0. The number of aliphatic hydroxyl groups is 2. The van der Waals surface area contributed by atoms with Crippen LogP contribution in [0.4, 0.5) is 0 Å². The molecule has 0 aromatic heterocycles. The summed E-state index contributed by atoms with van der Waals surface area (Å²) in [5.74, 6) is -0.900. The number of hydrogen-bond acceptors (Lipinski definition) is 5. The maximum atomic E-state index is 10.3. The van der Waals surface area contributed by atoms with Crippen molar-refractivity contribution in [1.82, 2.24) is 5.32 Å². The minimum atomic E-state index is -0.930. The Morgan fingerprint density at radius 2 is 2.13 bits per heavy atom. The van der Waals surface area contributed by atoms with E-state index in [1.807, 2.05) is 0 Å². The van der Waals surface area contributed by atoms with Crippen LogP contribution >= 0.6 is 0 Å². The lowest BCUT2D eigenvalue weighted by molar-refractivity contribution is -0.144. The van der Waals surface area contributed by atoms with Crippen LogP contribution < -0.4 is 5.32 Å². The Hall–Kier alpha value is -0.690. The molecule has 4 unspecified atom stereocenters. The molecule has 0 saturated carbocycles.